The summed E-state index contributed by atoms with van der Waals surface area (Å²) in [6.45, 7) is 11.2. The average Bonchev–Trinajstić information content (AvgIpc) is 3.12. The highest BCUT2D eigenvalue weighted by Crippen LogP contribution is 2.39. The number of esters is 1. The van der Waals surface area contributed by atoms with Crippen LogP contribution in [-0.4, -0.2) is 52.4 Å². The number of hydrogen-bond acceptors (Lipinski definition) is 6. The van der Waals surface area contributed by atoms with E-state index in [9.17, 15) is 14.7 Å². The van der Waals surface area contributed by atoms with Crippen LogP contribution in [0.5, 0.6) is 0 Å². The number of methoxy groups -OCH3 is 1. The first-order chi connectivity index (χ1) is 16.4. The lowest BCUT2D eigenvalue weighted by Crippen LogP contribution is -2.30. The monoisotopic (exact) mass is 526 g/mol. The molecule has 0 aliphatic heterocycles. The van der Waals surface area contributed by atoms with E-state index in [1.54, 1.807) is 0 Å². The topological polar surface area (TPSA) is 72.8 Å². The zero-order valence-corrected chi connectivity index (χ0v) is 26.2. The first-order valence-corrected chi connectivity index (χ1v) is 15.2. The number of unbranched alkanes of at least 4 members (excludes halogenated alkanes) is 3. The molecule has 0 aromatic heterocycles. The Morgan fingerprint density at radius 1 is 1.14 bits per heavy atom. The molecule has 0 amide bonds. The second kappa shape index (κ2) is 15.4. The standard InChI is InChI=1S/C28H50O5SSi/c1-27(2,3)21(13-11-12-18-28(4,5)33-35)17-16-20-19-23(34-7)26(31)25(20)22(29)14-9-8-10-15-24(30)32-6/h16-17,19-22,25,29H,8-15,18H2,1-7,35H3. The second-order valence-electron chi connectivity index (χ2n) is 11.5. The normalized spacial score (nSPS) is 20.9. The molecule has 0 heterocycles. The molecule has 0 bridgehead atoms. The van der Waals surface area contributed by atoms with E-state index in [2.05, 4.69) is 51.5 Å². The van der Waals surface area contributed by atoms with Gasteiger partial charge in [0.2, 0.25) is 0 Å². The van der Waals surface area contributed by atoms with Crippen LogP contribution in [0.2, 0.25) is 0 Å². The van der Waals surface area contributed by atoms with Crippen molar-refractivity contribution in [1.29, 1.82) is 0 Å². The maximum atomic E-state index is 13.0. The molecule has 0 saturated heterocycles. The fourth-order valence-electron chi connectivity index (χ4n) is 4.65. The van der Waals surface area contributed by atoms with Gasteiger partial charge in [-0.3, -0.25) is 9.59 Å². The molecule has 7 heteroatoms. The van der Waals surface area contributed by atoms with E-state index in [-0.39, 0.29) is 28.7 Å². The van der Waals surface area contributed by atoms with Crippen molar-refractivity contribution in [3.8, 4) is 0 Å². The van der Waals surface area contributed by atoms with Crippen molar-refractivity contribution < 1.29 is 23.9 Å². The van der Waals surface area contributed by atoms with Crippen molar-refractivity contribution in [2.75, 3.05) is 13.4 Å². The number of carbonyl (C=O) groups excluding carboxylic acids is 2. The van der Waals surface area contributed by atoms with Crippen LogP contribution in [0.3, 0.4) is 0 Å². The SMILES string of the molecule is COC(=O)CCCCCC(O)C1C(=O)C(SC)=CC1C=CC(CCCCC(C)(C)O[SiH3])C(C)(C)C. The summed E-state index contributed by atoms with van der Waals surface area (Å²) in [5, 5.41) is 11.0. The van der Waals surface area contributed by atoms with Gasteiger partial charge in [-0.1, -0.05) is 64.7 Å². The average molecular weight is 527 g/mol. The van der Waals surface area contributed by atoms with Crippen LogP contribution in [-0.2, 0) is 18.8 Å². The molecule has 5 nitrogen and oxygen atoms in total. The van der Waals surface area contributed by atoms with Crippen LogP contribution < -0.4 is 0 Å². The molecule has 0 aromatic carbocycles. The minimum atomic E-state index is -0.677. The fourth-order valence-corrected chi connectivity index (χ4v) is 5.49. The van der Waals surface area contributed by atoms with E-state index in [1.165, 1.54) is 18.9 Å². The lowest BCUT2D eigenvalue weighted by Gasteiger charge is -2.30. The number of allylic oxidation sites excluding steroid dienone is 4. The molecule has 1 rings (SSSR count). The molecule has 0 spiro atoms. The van der Waals surface area contributed by atoms with E-state index in [1.807, 2.05) is 12.3 Å². The van der Waals surface area contributed by atoms with Crippen molar-refractivity contribution in [3.05, 3.63) is 23.1 Å². The van der Waals surface area contributed by atoms with Crippen LogP contribution in [0.15, 0.2) is 23.1 Å². The van der Waals surface area contributed by atoms with Gasteiger partial charge in [-0.05, 0) is 57.1 Å². The molecular weight excluding hydrogens is 476 g/mol. The van der Waals surface area contributed by atoms with Crippen molar-refractivity contribution >= 4 is 34.0 Å². The number of carbonyl (C=O) groups is 2. The molecule has 1 N–H and O–H groups in total. The molecule has 0 aromatic rings. The maximum Gasteiger partial charge on any atom is 0.305 e. The molecule has 0 fully saturated rings. The third-order valence-electron chi connectivity index (χ3n) is 7.32. The molecule has 4 atom stereocenters. The van der Waals surface area contributed by atoms with Crippen LogP contribution >= 0.6 is 11.8 Å². The number of rotatable bonds is 16. The molecule has 4 unspecified atom stereocenters. The molecule has 202 valence electrons. The fraction of sp³-hybridized carbons (Fsp3) is 0.786. The van der Waals surface area contributed by atoms with E-state index in [0.717, 1.165) is 60.3 Å². The second-order valence-corrected chi connectivity index (χ2v) is 12.8. The van der Waals surface area contributed by atoms with Gasteiger partial charge in [-0.2, -0.15) is 0 Å². The minimum Gasteiger partial charge on any atom is -0.469 e. The predicted molar refractivity (Wildman–Crippen MR) is 150 cm³/mol. The molecule has 1 aliphatic rings. The zero-order chi connectivity index (χ0) is 26.6. The summed E-state index contributed by atoms with van der Waals surface area (Å²) >= 11 is 1.47. The van der Waals surface area contributed by atoms with Crippen LogP contribution in [0.4, 0.5) is 0 Å². The van der Waals surface area contributed by atoms with Gasteiger partial charge in [0.25, 0.3) is 0 Å². The number of ketones is 1. The molecule has 35 heavy (non-hydrogen) atoms. The Kier molecular flexibility index (Phi) is 14.1. The number of hydrogen-bond donors (Lipinski definition) is 1. The van der Waals surface area contributed by atoms with Gasteiger partial charge >= 0.3 is 5.97 Å². The Morgan fingerprint density at radius 2 is 1.80 bits per heavy atom. The van der Waals surface area contributed by atoms with Crippen molar-refractivity contribution in [3.63, 3.8) is 0 Å². The Hall–Kier alpha value is -0.893. The highest BCUT2D eigenvalue weighted by Gasteiger charge is 2.39. The van der Waals surface area contributed by atoms with Crippen molar-refractivity contribution in [1.82, 2.24) is 0 Å². The Bertz CT molecular complexity index is 725. The van der Waals surface area contributed by atoms with Gasteiger partial charge in [0.05, 0.1) is 19.1 Å². The Balaban J connectivity index is 2.78. The molecule has 1 aliphatic carbocycles. The van der Waals surface area contributed by atoms with Gasteiger partial charge in [-0.25, -0.2) is 0 Å². The summed E-state index contributed by atoms with van der Waals surface area (Å²) in [5.41, 5.74) is 0.105. The maximum absolute atomic E-state index is 13.0. The Labute approximate surface area is 221 Å². The first-order valence-electron chi connectivity index (χ1n) is 13.1. The summed E-state index contributed by atoms with van der Waals surface area (Å²) in [5.74, 6) is -0.223. The van der Waals surface area contributed by atoms with Gasteiger partial charge in [0, 0.05) is 22.8 Å². The highest BCUT2D eigenvalue weighted by atomic mass is 32.2. The zero-order valence-electron chi connectivity index (χ0n) is 23.4. The molecular formula is C28H50O5SSi. The summed E-state index contributed by atoms with van der Waals surface area (Å²) in [4.78, 5) is 25.1. The first kappa shape index (κ1) is 32.1. The molecule has 0 saturated carbocycles. The summed E-state index contributed by atoms with van der Waals surface area (Å²) in [6.07, 6.45) is 15.6. The van der Waals surface area contributed by atoms with E-state index < -0.39 is 12.0 Å². The lowest BCUT2D eigenvalue weighted by molar-refractivity contribution is -0.140. The van der Waals surface area contributed by atoms with Gasteiger partial charge in [-0.15, -0.1) is 11.8 Å². The number of ether oxygens (including phenoxy) is 1. The summed E-state index contributed by atoms with van der Waals surface area (Å²) in [7, 11) is 2.17. The van der Waals surface area contributed by atoms with Crippen LogP contribution in [0.25, 0.3) is 0 Å². The van der Waals surface area contributed by atoms with Gasteiger partial charge in [0.1, 0.15) is 10.5 Å². The minimum absolute atomic E-state index is 0.0226. The smallest absolute Gasteiger partial charge is 0.305 e. The van der Waals surface area contributed by atoms with E-state index >= 15 is 0 Å². The third-order valence-corrected chi connectivity index (χ3v) is 9.20. The Morgan fingerprint density at radius 3 is 2.37 bits per heavy atom. The van der Waals surface area contributed by atoms with Gasteiger partial charge < -0.3 is 14.3 Å². The predicted octanol–water partition coefficient (Wildman–Crippen LogP) is 5.39. The van der Waals surface area contributed by atoms with Crippen molar-refractivity contribution in [2.45, 2.75) is 104 Å². The third kappa shape index (κ3) is 11.4. The quantitative estimate of drug-likeness (QED) is 0.126. The number of thioether (sulfide) groups is 1. The van der Waals surface area contributed by atoms with Gasteiger partial charge in [0.15, 0.2) is 5.78 Å². The number of aliphatic hydroxyl groups excluding tert-OH is 1. The number of Topliss-reactive ketones (excluding diaryl/α,β-unsaturated/α-hetero) is 1. The highest BCUT2D eigenvalue weighted by molar-refractivity contribution is 8.03. The van der Waals surface area contributed by atoms with E-state index in [4.69, 9.17) is 4.43 Å². The lowest BCUT2D eigenvalue weighted by atomic mass is 9.76. The van der Waals surface area contributed by atoms with Crippen LogP contribution in [0.1, 0.15) is 92.4 Å². The summed E-state index contributed by atoms with van der Waals surface area (Å²) in [6, 6.07) is 0. The summed E-state index contributed by atoms with van der Waals surface area (Å²) < 4.78 is 10.4. The largest absolute Gasteiger partial charge is 0.469 e. The van der Waals surface area contributed by atoms with E-state index in [0.29, 0.717) is 18.8 Å². The van der Waals surface area contributed by atoms with Crippen molar-refractivity contribution in [2.24, 2.45) is 23.2 Å². The van der Waals surface area contributed by atoms with Crippen LogP contribution in [0, 0.1) is 23.2 Å². The number of aliphatic hydroxyl groups is 1. The molecule has 0 radical (unpaired) electrons.